The average Bonchev–Trinajstić information content (AvgIpc) is 2.60. The van der Waals surface area contributed by atoms with Crippen LogP contribution in [0.5, 0.6) is 0 Å². The summed E-state index contributed by atoms with van der Waals surface area (Å²) in [6, 6.07) is -6.61. The van der Waals surface area contributed by atoms with Crippen LogP contribution in [0.1, 0.15) is 0 Å². The van der Waals surface area contributed by atoms with Crippen molar-refractivity contribution in [2.75, 3.05) is 0 Å². The molecule has 0 spiro atoms. The molecule has 14 nitrogen and oxygen atoms in total. The van der Waals surface area contributed by atoms with E-state index in [2.05, 4.69) is 0 Å². The minimum absolute atomic E-state index is 0.113. The van der Waals surface area contributed by atoms with E-state index < -0.39 is 56.6 Å². The van der Waals surface area contributed by atoms with E-state index in [1.807, 2.05) is 0 Å². The summed E-state index contributed by atoms with van der Waals surface area (Å²) in [5.74, 6) is 0. The van der Waals surface area contributed by atoms with E-state index in [-0.39, 0.29) is 5.01 Å². The molecule has 20 heavy (non-hydrogen) atoms. The maximum atomic E-state index is 11.9. The second kappa shape index (κ2) is 4.54. The number of nitrogens with one attached hydrogen (secondary N) is 2. The first-order valence-electron chi connectivity index (χ1n) is 5.40. The standard InChI is InChI=1S/C6H11N7O7/c7-1-2(12(17)18)4(8)10(15)5-3(1)9(13(19)20)6(14)11(5)16/h1-5,10-11H,7-8H2. The van der Waals surface area contributed by atoms with Gasteiger partial charge in [0.05, 0.1) is 0 Å². The molecular formula is C6H11N7O7. The molecule has 2 amide bonds. The van der Waals surface area contributed by atoms with Crippen LogP contribution >= 0.6 is 0 Å². The van der Waals surface area contributed by atoms with Crippen LogP contribution in [0.25, 0.3) is 0 Å². The summed E-state index contributed by atoms with van der Waals surface area (Å²) in [5, 5.41) is 41.5. The Bertz CT molecular complexity index is 473. The molecule has 0 saturated carbocycles. The van der Waals surface area contributed by atoms with Crippen molar-refractivity contribution in [2.24, 2.45) is 11.5 Å². The number of carbonyl (C=O) groups excluding carboxylic acids is 1. The van der Waals surface area contributed by atoms with Gasteiger partial charge >= 0.3 is 6.03 Å². The number of nitro groups is 2. The lowest BCUT2D eigenvalue weighted by Gasteiger charge is -2.43. The Hall–Kier alpha value is -1.97. The summed E-state index contributed by atoms with van der Waals surface area (Å²) >= 11 is 0. The Kier molecular flexibility index (Phi) is 3.28. The molecular weight excluding hydrogens is 282 g/mol. The first-order valence-corrected chi connectivity index (χ1v) is 5.40. The van der Waals surface area contributed by atoms with Crippen LogP contribution < -0.4 is 21.6 Å². The van der Waals surface area contributed by atoms with Crippen molar-refractivity contribution in [2.45, 2.75) is 30.5 Å². The molecule has 0 aromatic rings. The number of nitrogens with zero attached hydrogens (tertiary/aromatic N) is 3. The van der Waals surface area contributed by atoms with Crippen molar-refractivity contribution >= 4 is 6.03 Å². The Labute approximate surface area is 109 Å². The molecule has 2 heterocycles. The van der Waals surface area contributed by atoms with E-state index in [1.165, 1.54) is 0 Å². The van der Waals surface area contributed by atoms with Gasteiger partial charge in [0, 0.05) is 9.93 Å². The van der Waals surface area contributed by atoms with Crippen molar-refractivity contribution in [3.05, 3.63) is 30.6 Å². The molecule has 7 atom stereocenters. The number of fused-ring (bicyclic) bond motifs is 1. The van der Waals surface area contributed by atoms with E-state index in [0.717, 1.165) is 0 Å². The zero-order valence-electron chi connectivity index (χ0n) is 9.74. The fraction of sp³-hybridized carbons (Fsp3) is 0.833. The highest BCUT2D eigenvalue weighted by Crippen LogP contribution is 2.18. The van der Waals surface area contributed by atoms with Crippen molar-refractivity contribution in [1.29, 1.82) is 0 Å². The predicted octanol–water partition coefficient (Wildman–Crippen LogP) is -5.66. The minimum Gasteiger partial charge on any atom is -0.629 e. The Balaban J connectivity index is 2.48. The molecule has 6 N–H and O–H groups in total. The fourth-order valence-corrected chi connectivity index (χ4v) is 2.63. The quantitative estimate of drug-likeness (QED) is 0.216. The van der Waals surface area contributed by atoms with Crippen LogP contribution in [0, 0.1) is 30.6 Å². The molecule has 0 bridgehead atoms. The van der Waals surface area contributed by atoms with Crippen LogP contribution in [-0.4, -0.2) is 51.5 Å². The number of hydrazine groups is 1. The Morgan fingerprint density at radius 1 is 1.20 bits per heavy atom. The van der Waals surface area contributed by atoms with E-state index in [0.29, 0.717) is 0 Å². The highest BCUT2D eigenvalue weighted by atomic mass is 16.7. The van der Waals surface area contributed by atoms with Gasteiger partial charge in [-0.3, -0.25) is 15.8 Å². The van der Waals surface area contributed by atoms with Gasteiger partial charge in [0.15, 0.2) is 5.03 Å². The monoisotopic (exact) mass is 293 g/mol. The molecule has 0 aromatic carbocycles. The van der Waals surface area contributed by atoms with E-state index in [9.17, 15) is 35.4 Å². The molecule has 2 fully saturated rings. The van der Waals surface area contributed by atoms with Crippen LogP contribution in [-0.2, 0) is 0 Å². The number of quaternary nitrogens is 2. The Morgan fingerprint density at radius 3 is 2.20 bits per heavy atom. The normalized spacial score (nSPS) is 44.3. The van der Waals surface area contributed by atoms with Gasteiger partial charge in [-0.25, -0.2) is 20.0 Å². The van der Waals surface area contributed by atoms with Gasteiger partial charge in [-0.15, -0.1) is 0 Å². The van der Waals surface area contributed by atoms with Gasteiger partial charge in [-0.1, -0.05) is 0 Å². The summed E-state index contributed by atoms with van der Waals surface area (Å²) in [6.45, 7) is 0. The molecule has 0 aromatic heterocycles. The number of piperidine rings is 1. The van der Waals surface area contributed by atoms with E-state index in [1.54, 1.807) is 0 Å². The van der Waals surface area contributed by atoms with Crippen LogP contribution in [0.2, 0.25) is 0 Å². The maximum Gasteiger partial charge on any atom is 0.480 e. The highest BCUT2D eigenvalue weighted by Gasteiger charge is 2.69. The number of nitrogens with two attached hydrogens (primary N) is 2. The zero-order valence-corrected chi connectivity index (χ0v) is 9.74. The first-order chi connectivity index (χ1) is 9.20. The second-order valence-electron chi connectivity index (χ2n) is 4.50. The fourth-order valence-electron chi connectivity index (χ4n) is 2.63. The van der Waals surface area contributed by atoms with Crippen molar-refractivity contribution in [3.63, 3.8) is 0 Å². The summed E-state index contributed by atoms with van der Waals surface area (Å²) in [5.41, 5.74) is 10.9. The average molecular weight is 293 g/mol. The van der Waals surface area contributed by atoms with Gasteiger partial charge in [-0.05, 0) is 0 Å². The summed E-state index contributed by atoms with van der Waals surface area (Å²) in [6.07, 6.45) is -3.42. The van der Waals surface area contributed by atoms with Crippen molar-refractivity contribution in [1.82, 2.24) is 5.01 Å². The highest BCUT2D eigenvalue weighted by molar-refractivity contribution is 5.66. The topological polar surface area (TPSA) is 214 Å². The summed E-state index contributed by atoms with van der Waals surface area (Å²) in [7, 11) is 0. The lowest BCUT2D eigenvalue weighted by atomic mass is 9.92. The van der Waals surface area contributed by atoms with E-state index >= 15 is 0 Å². The molecule has 0 radical (unpaired) electrons. The van der Waals surface area contributed by atoms with Crippen LogP contribution in [0.4, 0.5) is 4.79 Å². The third-order valence-corrected chi connectivity index (χ3v) is 3.54. The molecule has 0 aliphatic carbocycles. The summed E-state index contributed by atoms with van der Waals surface area (Å²) < 4.78 is 0. The van der Waals surface area contributed by atoms with Crippen LogP contribution in [0.3, 0.4) is 0 Å². The van der Waals surface area contributed by atoms with Gasteiger partial charge in [0.2, 0.25) is 12.2 Å². The Morgan fingerprint density at radius 2 is 1.75 bits per heavy atom. The maximum absolute atomic E-state index is 11.9. The SMILES string of the molecule is NC1C2C([NH+]([O-])C(=O)N2[N+](=O)[O-])[NH+]([O-])C(N)C1[N+](=O)[O-]. The number of amides is 2. The molecule has 14 heteroatoms. The molecule has 2 rings (SSSR count). The number of urea groups is 1. The van der Waals surface area contributed by atoms with Crippen molar-refractivity contribution in [3.8, 4) is 0 Å². The number of hydrogen-bond donors (Lipinski definition) is 4. The number of hydrogen-bond acceptors (Lipinski definition) is 9. The van der Waals surface area contributed by atoms with Gasteiger partial charge in [-0.2, -0.15) is 0 Å². The number of hydroxylamine groups is 4. The van der Waals surface area contributed by atoms with E-state index in [4.69, 9.17) is 11.5 Å². The van der Waals surface area contributed by atoms with Gasteiger partial charge in [0.1, 0.15) is 6.04 Å². The molecule has 112 valence electrons. The number of rotatable bonds is 2. The van der Waals surface area contributed by atoms with Gasteiger partial charge < -0.3 is 21.2 Å². The second-order valence-corrected chi connectivity index (χ2v) is 4.50. The predicted molar refractivity (Wildman–Crippen MR) is 57.2 cm³/mol. The molecule has 2 saturated heterocycles. The third kappa shape index (κ3) is 1.71. The lowest BCUT2D eigenvalue weighted by Crippen LogP contribution is -3.37. The molecule has 2 aliphatic heterocycles. The number of carbonyl (C=O) groups is 1. The molecule has 2 aliphatic rings. The first kappa shape index (κ1) is 14.4. The molecule has 7 unspecified atom stereocenters. The lowest BCUT2D eigenvalue weighted by molar-refractivity contribution is -1.06. The summed E-state index contributed by atoms with van der Waals surface area (Å²) in [4.78, 5) is 32.3. The van der Waals surface area contributed by atoms with Gasteiger partial charge in [0.25, 0.3) is 12.2 Å². The van der Waals surface area contributed by atoms with Crippen LogP contribution in [0.15, 0.2) is 0 Å². The van der Waals surface area contributed by atoms with Crippen molar-refractivity contribution < 1.29 is 24.9 Å². The zero-order chi connectivity index (χ0) is 15.4. The third-order valence-electron chi connectivity index (χ3n) is 3.54. The minimum atomic E-state index is -1.80. The largest absolute Gasteiger partial charge is 0.629 e. The smallest absolute Gasteiger partial charge is 0.480 e.